The number of hydrogen-bond donors (Lipinski definition) is 0. The molecule has 0 atom stereocenters. The second-order valence-electron chi connectivity index (χ2n) is 3.77. The summed E-state index contributed by atoms with van der Waals surface area (Å²) in [5.41, 5.74) is 0. The molecule has 0 aromatic heterocycles. The van der Waals surface area contributed by atoms with Gasteiger partial charge in [-0.3, -0.25) is 4.90 Å². The minimum absolute atomic E-state index is 0.0186. The third-order valence-corrected chi connectivity index (χ3v) is 2.77. The fourth-order valence-electron chi connectivity index (χ4n) is 1.84. The van der Waals surface area contributed by atoms with E-state index >= 15 is 0 Å². The number of nitrogens with zero attached hydrogens (tertiary/aromatic N) is 2. The summed E-state index contributed by atoms with van der Waals surface area (Å²) in [6.07, 6.45) is 0. The number of alkyl halides is 2. The molecule has 0 radical (unpaired) electrons. The van der Waals surface area contributed by atoms with E-state index in [1.54, 1.807) is 0 Å². The topological polar surface area (TPSA) is 6.48 Å². The van der Waals surface area contributed by atoms with Crippen molar-refractivity contribution in [2.45, 2.75) is 18.9 Å². The molecule has 12 heavy (non-hydrogen) atoms. The zero-order valence-electron chi connectivity index (χ0n) is 7.26. The Labute approximate surface area is 71.1 Å². The van der Waals surface area contributed by atoms with E-state index in [2.05, 4.69) is 11.8 Å². The molecule has 0 amide bonds. The number of halogens is 2. The normalized spacial score (nSPS) is 31.2. The second kappa shape index (κ2) is 2.64. The molecule has 0 aromatic carbocycles. The van der Waals surface area contributed by atoms with E-state index in [0.717, 1.165) is 19.6 Å². The Morgan fingerprint density at radius 1 is 1.33 bits per heavy atom. The van der Waals surface area contributed by atoms with Crippen molar-refractivity contribution < 1.29 is 8.78 Å². The van der Waals surface area contributed by atoms with Crippen molar-refractivity contribution in [3.05, 3.63) is 0 Å². The average Bonchev–Trinajstić information content (AvgIpc) is 1.81. The van der Waals surface area contributed by atoms with Gasteiger partial charge in [0.1, 0.15) is 0 Å². The predicted octanol–water partition coefficient (Wildman–Crippen LogP) is 0.641. The van der Waals surface area contributed by atoms with Gasteiger partial charge in [0, 0.05) is 19.1 Å². The fourth-order valence-corrected chi connectivity index (χ4v) is 1.84. The highest BCUT2D eigenvalue weighted by Crippen LogP contribution is 2.30. The van der Waals surface area contributed by atoms with Crippen molar-refractivity contribution in [1.82, 2.24) is 9.80 Å². The Balaban J connectivity index is 1.71. The number of likely N-dealkylation sites (N-methyl/N-ethyl adjacent to an activating group) is 1. The molecule has 0 aromatic rings. The SMILES string of the molecule is CCN1CC(N2CC(F)(F)C2)C1. The van der Waals surface area contributed by atoms with Gasteiger partial charge in [-0.15, -0.1) is 0 Å². The molecule has 4 heteroatoms. The highest BCUT2D eigenvalue weighted by atomic mass is 19.3. The summed E-state index contributed by atoms with van der Waals surface area (Å²) in [5, 5.41) is 0. The monoisotopic (exact) mass is 176 g/mol. The predicted molar refractivity (Wildman–Crippen MR) is 42.4 cm³/mol. The Hall–Kier alpha value is -0.220. The molecule has 2 saturated heterocycles. The average molecular weight is 176 g/mol. The first-order chi connectivity index (χ1) is 5.61. The van der Waals surface area contributed by atoms with Crippen molar-refractivity contribution in [2.24, 2.45) is 0 Å². The minimum atomic E-state index is -2.40. The van der Waals surface area contributed by atoms with Crippen LogP contribution >= 0.6 is 0 Å². The maximum atomic E-state index is 12.4. The molecule has 2 nitrogen and oxygen atoms in total. The molecule has 0 N–H and O–H groups in total. The van der Waals surface area contributed by atoms with Crippen molar-refractivity contribution in [3.8, 4) is 0 Å². The maximum Gasteiger partial charge on any atom is 0.272 e. The smallest absolute Gasteiger partial charge is 0.272 e. The van der Waals surface area contributed by atoms with Gasteiger partial charge in [0.25, 0.3) is 5.92 Å². The van der Waals surface area contributed by atoms with E-state index in [-0.39, 0.29) is 13.1 Å². The minimum Gasteiger partial charge on any atom is -0.300 e. The largest absolute Gasteiger partial charge is 0.300 e. The molecule has 70 valence electrons. The first-order valence-corrected chi connectivity index (χ1v) is 4.45. The molecule has 0 bridgehead atoms. The molecular formula is C8H14F2N2. The first-order valence-electron chi connectivity index (χ1n) is 4.45. The first kappa shape index (κ1) is 8.38. The van der Waals surface area contributed by atoms with Gasteiger partial charge in [0.15, 0.2) is 0 Å². The molecule has 0 spiro atoms. The van der Waals surface area contributed by atoms with Gasteiger partial charge in [-0.2, -0.15) is 0 Å². The quantitative estimate of drug-likeness (QED) is 0.609. The van der Waals surface area contributed by atoms with Gasteiger partial charge in [-0.05, 0) is 6.54 Å². The van der Waals surface area contributed by atoms with Crippen molar-refractivity contribution in [1.29, 1.82) is 0 Å². The van der Waals surface area contributed by atoms with Gasteiger partial charge in [0.2, 0.25) is 0 Å². The Morgan fingerprint density at radius 2 is 1.92 bits per heavy atom. The molecule has 2 rings (SSSR count). The highest BCUT2D eigenvalue weighted by Gasteiger charge is 2.48. The zero-order chi connectivity index (χ0) is 8.77. The lowest BCUT2D eigenvalue weighted by Gasteiger charge is -2.51. The lowest BCUT2D eigenvalue weighted by atomic mass is 10.0. The standard InChI is InChI=1S/C8H14F2N2/c1-2-11-3-7(4-11)12-5-8(9,10)6-12/h7H,2-6H2,1H3. The molecular weight excluding hydrogens is 162 g/mol. The summed E-state index contributed by atoms with van der Waals surface area (Å²) in [4.78, 5) is 4.15. The maximum absolute atomic E-state index is 12.4. The van der Waals surface area contributed by atoms with Gasteiger partial charge in [0.05, 0.1) is 13.1 Å². The molecule has 0 saturated carbocycles. The Bertz CT molecular complexity index is 170. The van der Waals surface area contributed by atoms with E-state index in [1.165, 1.54) is 0 Å². The highest BCUT2D eigenvalue weighted by molar-refractivity contribution is 4.97. The summed E-state index contributed by atoms with van der Waals surface area (Å²) in [6.45, 7) is 5.06. The van der Waals surface area contributed by atoms with Crippen LogP contribution in [0.4, 0.5) is 8.78 Å². The molecule has 2 heterocycles. The third kappa shape index (κ3) is 1.33. The lowest BCUT2D eigenvalue weighted by molar-refractivity contribution is -0.164. The van der Waals surface area contributed by atoms with Crippen molar-refractivity contribution in [2.75, 3.05) is 32.7 Å². The zero-order valence-corrected chi connectivity index (χ0v) is 7.26. The van der Waals surface area contributed by atoms with E-state index in [9.17, 15) is 8.78 Å². The van der Waals surface area contributed by atoms with Crippen LogP contribution in [0, 0.1) is 0 Å². The fraction of sp³-hybridized carbons (Fsp3) is 1.00. The van der Waals surface area contributed by atoms with Gasteiger partial charge in [-0.25, -0.2) is 8.78 Å². The Morgan fingerprint density at radius 3 is 2.33 bits per heavy atom. The van der Waals surface area contributed by atoms with Crippen LogP contribution in [0.25, 0.3) is 0 Å². The third-order valence-electron chi connectivity index (χ3n) is 2.77. The second-order valence-corrected chi connectivity index (χ2v) is 3.77. The van der Waals surface area contributed by atoms with E-state index in [0.29, 0.717) is 6.04 Å². The molecule has 2 fully saturated rings. The van der Waals surface area contributed by atoms with E-state index < -0.39 is 5.92 Å². The van der Waals surface area contributed by atoms with Crippen LogP contribution in [-0.4, -0.2) is 54.5 Å². The molecule has 2 aliphatic heterocycles. The summed E-state index contributed by atoms with van der Waals surface area (Å²) >= 11 is 0. The number of hydrogen-bond acceptors (Lipinski definition) is 2. The summed E-state index contributed by atoms with van der Waals surface area (Å²) in [5.74, 6) is -2.40. The van der Waals surface area contributed by atoms with Crippen LogP contribution < -0.4 is 0 Å². The van der Waals surface area contributed by atoms with Crippen LogP contribution in [-0.2, 0) is 0 Å². The molecule has 2 aliphatic rings. The van der Waals surface area contributed by atoms with Crippen LogP contribution in [0.3, 0.4) is 0 Å². The van der Waals surface area contributed by atoms with Crippen LogP contribution in [0.1, 0.15) is 6.92 Å². The summed E-state index contributed by atoms with van der Waals surface area (Å²) < 4.78 is 24.9. The van der Waals surface area contributed by atoms with E-state index in [4.69, 9.17) is 0 Å². The summed E-state index contributed by atoms with van der Waals surface area (Å²) in [7, 11) is 0. The lowest BCUT2D eigenvalue weighted by Crippen LogP contribution is -2.68. The van der Waals surface area contributed by atoms with Gasteiger partial charge >= 0.3 is 0 Å². The Kier molecular flexibility index (Phi) is 1.84. The molecule has 0 unspecified atom stereocenters. The van der Waals surface area contributed by atoms with Crippen molar-refractivity contribution >= 4 is 0 Å². The molecule has 0 aliphatic carbocycles. The van der Waals surface area contributed by atoms with Gasteiger partial charge < -0.3 is 4.90 Å². The van der Waals surface area contributed by atoms with Gasteiger partial charge in [-0.1, -0.05) is 6.92 Å². The van der Waals surface area contributed by atoms with E-state index in [1.807, 2.05) is 4.90 Å². The van der Waals surface area contributed by atoms with Crippen LogP contribution in [0.5, 0.6) is 0 Å². The number of rotatable bonds is 2. The van der Waals surface area contributed by atoms with Crippen LogP contribution in [0.15, 0.2) is 0 Å². The van der Waals surface area contributed by atoms with Crippen molar-refractivity contribution in [3.63, 3.8) is 0 Å². The van der Waals surface area contributed by atoms with Crippen LogP contribution in [0.2, 0.25) is 0 Å². The number of likely N-dealkylation sites (tertiary alicyclic amines) is 2. The summed E-state index contributed by atoms with van der Waals surface area (Å²) in [6, 6.07) is 0.407.